The van der Waals surface area contributed by atoms with Crippen LogP contribution in [0.4, 0.5) is 5.69 Å². The Bertz CT molecular complexity index is 373. The number of benzene rings is 1. The van der Waals surface area contributed by atoms with Gasteiger partial charge in [-0.15, -0.1) is 0 Å². The van der Waals surface area contributed by atoms with Gasteiger partial charge in [-0.1, -0.05) is 34.1 Å². The largest absolute Gasteiger partial charge is 0.314 e. The molecule has 0 bridgehead atoms. The van der Waals surface area contributed by atoms with Gasteiger partial charge in [-0.3, -0.25) is 4.79 Å². The number of rotatable bonds is 0. The molecule has 2 nitrogen and oxygen atoms in total. The molecule has 2 rings (SSSR count). The number of fused-ring (bicyclic) bond motifs is 1. The average molecular weight is 240 g/mol. The molecule has 1 heterocycles. The Morgan fingerprint density at radius 2 is 2.00 bits per heavy atom. The zero-order valence-electron chi connectivity index (χ0n) is 7.54. The van der Waals surface area contributed by atoms with E-state index in [4.69, 9.17) is 0 Å². The predicted octanol–water partition coefficient (Wildman–Crippen LogP) is 2.27. The van der Waals surface area contributed by atoms with E-state index < -0.39 is 4.32 Å². The Hall–Kier alpha value is -0.830. The van der Waals surface area contributed by atoms with Crippen molar-refractivity contribution in [3.8, 4) is 0 Å². The molecule has 13 heavy (non-hydrogen) atoms. The molecule has 0 saturated carbocycles. The summed E-state index contributed by atoms with van der Waals surface area (Å²) in [4.78, 5) is 13.4. The van der Waals surface area contributed by atoms with Gasteiger partial charge in [-0.2, -0.15) is 0 Å². The molecular formula is C10H10BrNO. The minimum absolute atomic E-state index is 0.0914. The number of carbonyl (C=O) groups is 1. The normalized spacial score (nSPS) is 26.4. The van der Waals surface area contributed by atoms with Crippen LogP contribution in [0.15, 0.2) is 24.3 Å². The first-order chi connectivity index (χ1) is 6.05. The minimum Gasteiger partial charge on any atom is -0.314 e. The zero-order valence-corrected chi connectivity index (χ0v) is 9.13. The first kappa shape index (κ1) is 8.75. The van der Waals surface area contributed by atoms with Crippen molar-refractivity contribution in [3.63, 3.8) is 0 Å². The van der Waals surface area contributed by atoms with Gasteiger partial charge >= 0.3 is 0 Å². The molecule has 1 aromatic carbocycles. The molecule has 1 unspecified atom stereocenters. The summed E-state index contributed by atoms with van der Waals surface area (Å²) in [5.41, 5.74) is 2.04. The number of anilines is 1. The third-order valence-electron chi connectivity index (χ3n) is 2.48. The van der Waals surface area contributed by atoms with Gasteiger partial charge < -0.3 is 4.90 Å². The fourth-order valence-electron chi connectivity index (χ4n) is 1.70. The number of likely N-dealkylation sites (N-methyl/N-ethyl adjacent to an activating group) is 1. The molecule has 1 aliphatic rings. The third kappa shape index (κ3) is 1.03. The van der Waals surface area contributed by atoms with Crippen molar-refractivity contribution in [2.75, 3.05) is 11.9 Å². The van der Waals surface area contributed by atoms with Gasteiger partial charge in [0.15, 0.2) is 0 Å². The highest BCUT2D eigenvalue weighted by molar-refractivity contribution is 9.10. The second-order valence-corrected chi connectivity index (χ2v) is 4.97. The number of hydrogen-bond donors (Lipinski definition) is 0. The maximum absolute atomic E-state index is 11.8. The van der Waals surface area contributed by atoms with Crippen molar-refractivity contribution >= 4 is 27.5 Å². The van der Waals surface area contributed by atoms with E-state index in [-0.39, 0.29) is 5.91 Å². The van der Waals surface area contributed by atoms with E-state index in [2.05, 4.69) is 15.9 Å². The van der Waals surface area contributed by atoms with Crippen LogP contribution in [-0.4, -0.2) is 13.0 Å². The molecule has 0 saturated heterocycles. The van der Waals surface area contributed by atoms with Gasteiger partial charge in [-0.25, -0.2) is 0 Å². The number of hydrogen-bond acceptors (Lipinski definition) is 1. The summed E-state index contributed by atoms with van der Waals surface area (Å²) in [6.45, 7) is 1.89. The molecule has 1 atom stereocenters. The summed E-state index contributed by atoms with van der Waals surface area (Å²) in [6, 6.07) is 7.83. The first-order valence-electron chi connectivity index (χ1n) is 4.11. The average Bonchev–Trinajstić information content (AvgIpc) is 2.30. The number of alkyl halides is 1. The van der Waals surface area contributed by atoms with Crippen molar-refractivity contribution < 1.29 is 4.79 Å². The Morgan fingerprint density at radius 3 is 2.62 bits per heavy atom. The summed E-state index contributed by atoms with van der Waals surface area (Å²) in [7, 11) is 1.80. The van der Waals surface area contributed by atoms with Gasteiger partial charge in [0.2, 0.25) is 5.91 Å². The fourth-order valence-corrected chi connectivity index (χ4v) is 2.30. The van der Waals surface area contributed by atoms with Gasteiger partial charge in [0.1, 0.15) is 4.32 Å². The quantitative estimate of drug-likeness (QED) is 0.637. The van der Waals surface area contributed by atoms with Crippen molar-refractivity contribution in [1.82, 2.24) is 0 Å². The van der Waals surface area contributed by atoms with E-state index in [0.29, 0.717) is 0 Å². The van der Waals surface area contributed by atoms with Crippen LogP contribution in [0, 0.1) is 0 Å². The third-order valence-corrected chi connectivity index (χ3v) is 3.24. The molecule has 0 radical (unpaired) electrons. The molecule has 1 aliphatic heterocycles. The first-order valence-corrected chi connectivity index (χ1v) is 4.91. The molecule has 3 heteroatoms. The van der Waals surface area contributed by atoms with Crippen LogP contribution in [-0.2, 0) is 9.12 Å². The summed E-state index contributed by atoms with van der Waals surface area (Å²) in [5.74, 6) is 0.0914. The van der Waals surface area contributed by atoms with Crippen LogP contribution in [0.5, 0.6) is 0 Å². The summed E-state index contributed by atoms with van der Waals surface area (Å²) < 4.78 is -0.543. The number of carbonyl (C=O) groups excluding carboxylic acids is 1. The van der Waals surface area contributed by atoms with Gasteiger partial charge in [0, 0.05) is 18.3 Å². The number of nitrogens with zero attached hydrogens (tertiary/aromatic N) is 1. The van der Waals surface area contributed by atoms with Gasteiger partial charge in [0.05, 0.1) is 0 Å². The van der Waals surface area contributed by atoms with Crippen molar-refractivity contribution in [2.45, 2.75) is 11.2 Å². The maximum Gasteiger partial charge on any atom is 0.247 e. The van der Waals surface area contributed by atoms with E-state index in [9.17, 15) is 4.79 Å². The highest BCUT2D eigenvalue weighted by atomic mass is 79.9. The maximum atomic E-state index is 11.8. The standard InChI is InChI=1S/C10H10BrNO/c1-10(11)7-5-3-4-6-8(7)12(2)9(10)13/h3-6H,1-2H3. The Balaban J connectivity index is 2.68. The lowest BCUT2D eigenvalue weighted by molar-refractivity contribution is -0.119. The van der Waals surface area contributed by atoms with E-state index >= 15 is 0 Å². The lowest BCUT2D eigenvalue weighted by Gasteiger charge is -2.14. The topological polar surface area (TPSA) is 20.3 Å². The van der Waals surface area contributed by atoms with Crippen LogP contribution in [0.25, 0.3) is 0 Å². The smallest absolute Gasteiger partial charge is 0.247 e. The summed E-state index contributed by atoms with van der Waals surface area (Å²) in [5, 5.41) is 0. The summed E-state index contributed by atoms with van der Waals surface area (Å²) >= 11 is 3.46. The van der Waals surface area contributed by atoms with E-state index in [1.807, 2.05) is 31.2 Å². The number of amides is 1. The highest BCUT2D eigenvalue weighted by Gasteiger charge is 2.43. The molecular weight excluding hydrogens is 230 g/mol. The van der Waals surface area contributed by atoms with E-state index in [1.54, 1.807) is 11.9 Å². The monoisotopic (exact) mass is 239 g/mol. The van der Waals surface area contributed by atoms with E-state index in [0.717, 1.165) is 11.3 Å². The van der Waals surface area contributed by atoms with Crippen molar-refractivity contribution in [1.29, 1.82) is 0 Å². The fraction of sp³-hybridized carbons (Fsp3) is 0.300. The molecule has 0 aliphatic carbocycles. The summed E-state index contributed by atoms with van der Waals surface area (Å²) in [6.07, 6.45) is 0. The van der Waals surface area contributed by atoms with Gasteiger partial charge in [0.25, 0.3) is 0 Å². The minimum atomic E-state index is -0.543. The Kier molecular flexibility index (Phi) is 1.74. The zero-order chi connectivity index (χ0) is 9.64. The van der Waals surface area contributed by atoms with Crippen LogP contribution in [0.1, 0.15) is 12.5 Å². The van der Waals surface area contributed by atoms with E-state index in [1.165, 1.54) is 0 Å². The molecule has 1 aromatic rings. The molecule has 0 N–H and O–H groups in total. The van der Waals surface area contributed by atoms with Crippen LogP contribution in [0.3, 0.4) is 0 Å². The predicted molar refractivity (Wildman–Crippen MR) is 56.1 cm³/mol. The highest BCUT2D eigenvalue weighted by Crippen LogP contribution is 2.44. The molecule has 1 amide bonds. The van der Waals surface area contributed by atoms with Crippen LogP contribution < -0.4 is 4.90 Å². The van der Waals surface area contributed by atoms with Gasteiger partial charge in [-0.05, 0) is 13.0 Å². The molecule has 0 fully saturated rings. The Labute approximate surface area is 85.7 Å². The number of halogens is 1. The lowest BCUT2D eigenvalue weighted by Crippen LogP contribution is -2.31. The molecule has 0 aromatic heterocycles. The molecule has 0 spiro atoms. The number of para-hydroxylation sites is 1. The van der Waals surface area contributed by atoms with Crippen molar-refractivity contribution in [3.05, 3.63) is 29.8 Å². The SMILES string of the molecule is CN1C(=O)C(C)(Br)c2ccccc21. The van der Waals surface area contributed by atoms with Crippen molar-refractivity contribution in [2.24, 2.45) is 0 Å². The second kappa shape index (κ2) is 2.58. The second-order valence-electron chi connectivity index (χ2n) is 3.38. The van der Waals surface area contributed by atoms with Crippen LogP contribution in [0.2, 0.25) is 0 Å². The lowest BCUT2D eigenvalue weighted by atomic mass is 10.0. The van der Waals surface area contributed by atoms with Crippen LogP contribution >= 0.6 is 15.9 Å². The molecule has 68 valence electrons. The Morgan fingerprint density at radius 1 is 1.38 bits per heavy atom.